The van der Waals surface area contributed by atoms with Crippen molar-refractivity contribution < 1.29 is 9.53 Å². The van der Waals surface area contributed by atoms with Gasteiger partial charge in [-0.05, 0) is 53.9 Å². The number of ether oxygens (including phenoxy) is 1. The maximum Gasteiger partial charge on any atom is 0.344 e. The minimum atomic E-state index is -0.285. The number of hydrogen-bond acceptors (Lipinski definition) is 3. The topological polar surface area (TPSA) is 55.6 Å². The first-order valence-corrected chi connectivity index (χ1v) is 8.73. The molecule has 1 aliphatic rings. The summed E-state index contributed by atoms with van der Waals surface area (Å²) in [4.78, 5) is 18.3. The van der Waals surface area contributed by atoms with Crippen LogP contribution in [0.3, 0.4) is 0 Å². The van der Waals surface area contributed by atoms with Gasteiger partial charge >= 0.3 is 6.03 Å². The van der Waals surface area contributed by atoms with Gasteiger partial charge in [0.15, 0.2) is 4.80 Å². The fourth-order valence-corrected chi connectivity index (χ4v) is 3.47. The van der Waals surface area contributed by atoms with Crippen LogP contribution < -0.4 is 10.1 Å². The van der Waals surface area contributed by atoms with E-state index in [0.29, 0.717) is 0 Å². The van der Waals surface area contributed by atoms with Crippen LogP contribution in [0.2, 0.25) is 0 Å². The van der Waals surface area contributed by atoms with Crippen molar-refractivity contribution in [2.24, 2.45) is 4.99 Å². The fraction of sp³-hybridized carbons (Fsp3) is 0.750. The number of aromatic nitrogens is 1. The quantitative estimate of drug-likeness (QED) is 0.908. The van der Waals surface area contributed by atoms with Crippen LogP contribution in [0.25, 0.3) is 0 Å². The van der Waals surface area contributed by atoms with Crippen LogP contribution in [0.1, 0.15) is 50.6 Å². The normalized spacial score (nSPS) is 20.2. The number of carbonyl (C=O) groups excluding carboxylic acids is 1. The summed E-state index contributed by atoms with van der Waals surface area (Å²) < 4.78 is 7.95. The van der Waals surface area contributed by atoms with Crippen LogP contribution in [-0.2, 0) is 11.3 Å². The Hall–Kier alpha value is -1.14. The van der Waals surface area contributed by atoms with Gasteiger partial charge in [0.05, 0.1) is 12.6 Å². The highest BCUT2D eigenvalue weighted by Crippen LogP contribution is 2.17. The molecule has 1 aliphatic heterocycles. The van der Waals surface area contributed by atoms with Gasteiger partial charge in [0, 0.05) is 22.7 Å². The lowest BCUT2D eigenvalue weighted by Gasteiger charge is -2.23. The van der Waals surface area contributed by atoms with Crippen molar-refractivity contribution in [2.45, 2.75) is 72.1 Å². The Morgan fingerprint density at radius 3 is 2.73 bits per heavy atom. The van der Waals surface area contributed by atoms with Crippen LogP contribution in [0.15, 0.2) is 4.99 Å². The first kappa shape index (κ1) is 17.2. The van der Waals surface area contributed by atoms with Gasteiger partial charge in [-0.25, -0.2) is 4.79 Å². The first-order chi connectivity index (χ1) is 10.3. The molecule has 1 aromatic rings. The smallest absolute Gasteiger partial charge is 0.344 e. The lowest BCUT2D eigenvalue weighted by atomic mass is 10.1. The lowest BCUT2D eigenvalue weighted by Crippen LogP contribution is -2.40. The molecule has 1 unspecified atom stereocenters. The molecule has 2 rings (SSSR count). The van der Waals surface area contributed by atoms with Crippen molar-refractivity contribution in [3.63, 3.8) is 0 Å². The Labute approximate surface area is 136 Å². The number of amides is 2. The summed E-state index contributed by atoms with van der Waals surface area (Å²) in [5.41, 5.74) is 0.890. The van der Waals surface area contributed by atoms with Crippen molar-refractivity contribution in [3.8, 4) is 0 Å². The van der Waals surface area contributed by atoms with Crippen LogP contribution >= 0.6 is 11.3 Å². The van der Waals surface area contributed by atoms with E-state index in [0.717, 1.165) is 30.8 Å². The number of nitrogens with one attached hydrogen (secondary N) is 1. The molecular weight excluding hydrogens is 298 g/mol. The number of rotatable bonds is 2. The number of nitrogens with zero attached hydrogens (tertiary/aromatic N) is 2. The zero-order valence-corrected chi connectivity index (χ0v) is 15.0. The second-order valence-corrected chi connectivity index (χ2v) is 8.10. The minimum absolute atomic E-state index is 0.228. The highest BCUT2D eigenvalue weighted by Gasteiger charge is 2.18. The van der Waals surface area contributed by atoms with E-state index in [9.17, 15) is 4.79 Å². The highest BCUT2D eigenvalue weighted by atomic mass is 32.1. The van der Waals surface area contributed by atoms with Crippen molar-refractivity contribution in [3.05, 3.63) is 15.4 Å². The molecule has 0 aromatic carbocycles. The Balaban J connectivity index is 2.23. The standard InChI is InChI=1S/C16H27N3O2S/c1-11-12(2)22-15(17-14(20)18-16(3,4)5)19(11)10-13-8-6-7-9-21-13/h13H,6-10H2,1-5H3,(H,18,20)/b17-15-. The van der Waals surface area contributed by atoms with E-state index in [1.165, 1.54) is 17.0 Å². The van der Waals surface area contributed by atoms with Gasteiger partial charge in [-0.3, -0.25) is 0 Å². The first-order valence-electron chi connectivity index (χ1n) is 7.91. The van der Waals surface area contributed by atoms with Gasteiger partial charge in [-0.15, -0.1) is 11.3 Å². The molecule has 1 fully saturated rings. The Kier molecular flexibility index (Phi) is 5.45. The average Bonchev–Trinajstić information content (AvgIpc) is 2.65. The minimum Gasteiger partial charge on any atom is -0.376 e. The molecule has 22 heavy (non-hydrogen) atoms. The number of thiazole rings is 1. The second-order valence-electron chi connectivity index (χ2n) is 6.92. The number of aryl methyl sites for hydroxylation is 1. The fourth-order valence-electron chi connectivity index (χ4n) is 2.49. The summed E-state index contributed by atoms with van der Waals surface area (Å²) in [7, 11) is 0. The monoisotopic (exact) mass is 325 g/mol. The van der Waals surface area contributed by atoms with Gasteiger partial charge in [0.1, 0.15) is 0 Å². The maximum absolute atomic E-state index is 12.1. The van der Waals surface area contributed by atoms with Gasteiger partial charge in [0.25, 0.3) is 0 Å². The van der Waals surface area contributed by atoms with Gasteiger partial charge in [-0.1, -0.05) is 0 Å². The zero-order chi connectivity index (χ0) is 16.3. The summed E-state index contributed by atoms with van der Waals surface area (Å²) in [6.07, 6.45) is 3.67. The Morgan fingerprint density at radius 1 is 1.41 bits per heavy atom. The molecule has 0 saturated carbocycles. The molecular formula is C16H27N3O2S. The van der Waals surface area contributed by atoms with Crippen LogP contribution in [0, 0.1) is 13.8 Å². The molecule has 2 amide bonds. The summed E-state index contributed by atoms with van der Waals surface area (Å²) >= 11 is 1.56. The van der Waals surface area contributed by atoms with E-state index in [1.807, 2.05) is 20.8 Å². The van der Waals surface area contributed by atoms with Crippen molar-refractivity contribution in [1.82, 2.24) is 9.88 Å². The molecule has 2 heterocycles. The van der Waals surface area contributed by atoms with E-state index in [-0.39, 0.29) is 17.7 Å². The molecule has 0 bridgehead atoms. The van der Waals surface area contributed by atoms with Crippen LogP contribution in [0.5, 0.6) is 0 Å². The predicted octanol–water partition coefficient (Wildman–Crippen LogP) is 3.14. The molecule has 0 radical (unpaired) electrons. The van der Waals surface area contributed by atoms with E-state index >= 15 is 0 Å². The molecule has 124 valence electrons. The number of hydrogen-bond donors (Lipinski definition) is 1. The number of urea groups is 1. The molecule has 1 atom stereocenters. The third-order valence-electron chi connectivity index (χ3n) is 3.73. The van der Waals surface area contributed by atoms with Crippen LogP contribution in [0.4, 0.5) is 4.79 Å². The molecule has 1 aromatic heterocycles. The van der Waals surface area contributed by atoms with E-state index in [4.69, 9.17) is 4.74 Å². The second kappa shape index (κ2) is 6.96. The number of carbonyl (C=O) groups is 1. The summed E-state index contributed by atoms with van der Waals surface area (Å²) in [6, 6.07) is -0.285. The SMILES string of the molecule is Cc1s/c(=N\C(=O)NC(C)(C)C)n(CC2CCCCO2)c1C. The summed E-state index contributed by atoms with van der Waals surface area (Å²) in [5.74, 6) is 0. The Bertz CT molecular complexity index is 590. The maximum atomic E-state index is 12.1. The van der Waals surface area contributed by atoms with E-state index in [2.05, 4.69) is 28.7 Å². The predicted molar refractivity (Wildman–Crippen MR) is 89.2 cm³/mol. The molecule has 0 spiro atoms. The molecule has 0 aliphatic carbocycles. The lowest BCUT2D eigenvalue weighted by molar-refractivity contribution is 0.00525. The van der Waals surface area contributed by atoms with Crippen molar-refractivity contribution in [1.29, 1.82) is 0 Å². The highest BCUT2D eigenvalue weighted by molar-refractivity contribution is 7.09. The third-order valence-corrected chi connectivity index (χ3v) is 4.82. The molecule has 1 saturated heterocycles. The van der Waals surface area contributed by atoms with Gasteiger partial charge < -0.3 is 14.6 Å². The van der Waals surface area contributed by atoms with E-state index in [1.54, 1.807) is 11.3 Å². The van der Waals surface area contributed by atoms with Gasteiger partial charge in [-0.2, -0.15) is 4.99 Å². The van der Waals surface area contributed by atoms with Gasteiger partial charge in [0.2, 0.25) is 0 Å². The summed E-state index contributed by atoms with van der Waals surface area (Å²) in [5, 5.41) is 2.88. The molecule has 5 nitrogen and oxygen atoms in total. The molecule has 1 N–H and O–H groups in total. The van der Waals surface area contributed by atoms with Crippen molar-refractivity contribution in [2.75, 3.05) is 6.61 Å². The summed E-state index contributed by atoms with van der Waals surface area (Å²) in [6.45, 7) is 11.6. The average molecular weight is 325 g/mol. The largest absolute Gasteiger partial charge is 0.376 e. The van der Waals surface area contributed by atoms with E-state index < -0.39 is 0 Å². The zero-order valence-electron chi connectivity index (χ0n) is 14.2. The Morgan fingerprint density at radius 2 is 2.14 bits per heavy atom. The molecule has 6 heteroatoms. The third kappa shape index (κ3) is 4.68. The van der Waals surface area contributed by atoms with Crippen LogP contribution in [-0.4, -0.2) is 28.8 Å². The van der Waals surface area contributed by atoms with Crippen molar-refractivity contribution >= 4 is 17.4 Å².